The van der Waals surface area contributed by atoms with Crippen molar-refractivity contribution in [2.75, 3.05) is 29.6 Å². The Hall–Kier alpha value is -3.29. The molecular weight excluding hydrogens is 524 g/mol. The van der Waals surface area contributed by atoms with Crippen LogP contribution in [0.5, 0.6) is 0 Å². The average molecular weight is 549 g/mol. The largest absolute Gasteiger partial charge is 0.462 e. The molecule has 0 saturated carbocycles. The highest BCUT2D eigenvalue weighted by Crippen LogP contribution is 2.35. The molecule has 0 bridgehead atoms. The van der Waals surface area contributed by atoms with Gasteiger partial charge in [-0.3, -0.25) is 14.9 Å². The molecule has 2 N–H and O–H groups in total. The molecular formula is C23H24N4O6S3. The number of aromatic nitrogens is 2. The molecule has 13 heteroatoms. The second-order valence-corrected chi connectivity index (χ2v) is 10.4. The van der Waals surface area contributed by atoms with Crippen molar-refractivity contribution >= 4 is 68.3 Å². The molecule has 3 rings (SSSR count). The highest BCUT2D eigenvalue weighted by Gasteiger charge is 2.27. The van der Waals surface area contributed by atoms with Crippen LogP contribution in [0, 0.1) is 13.8 Å². The maximum Gasteiger partial charge on any atom is 0.348 e. The number of thiophene rings is 1. The zero-order chi connectivity index (χ0) is 26.2. The lowest BCUT2D eigenvalue weighted by Gasteiger charge is -2.06. The Morgan fingerprint density at radius 3 is 2.33 bits per heavy atom. The molecule has 2 aromatic heterocycles. The summed E-state index contributed by atoms with van der Waals surface area (Å²) in [7, 11) is 0. The topological polar surface area (TPSA) is 137 Å². The molecule has 0 fully saturated rings. The molecule has 36 heavy (non-hydrogen) atoms. The maximum atomic E-state index is 12.6. The third kappa shape index (κ3) is 6.68. The van der Waals surface area contributed by atoms with Crippen molar-refractivity contribution in [3.8, 4) is 0 Å². The Labute approximate surface area is 219 Å². The van der Waals surface area contributed by atoms with E-state index in [0.29, 0.717) is 20.6 Å². The number of carbonyl (C=O) groups is 4. The summed E-state index contributed by atoms with van der Waals surface area (Å²) >= 11 is 3.22. The van der Waals surface area contributed by atoms with E-state index < -0.39 is 17.8 Å². The summed E-state index contributed by atoms with van der Waals surface area (Å²) in [5.74, 6) is -1.95. The van der Waals surface area contributed by atoms with E-state index in [1.54, 1.807) is 32.9 Å². The van der Waals surface area contributed by atoms with Crippen LogP contribution in [-0.4, -0.2) is 52.9 Å². The van der Waals surface area contributed by atoms with Gasteiger partial charge in [-0.15, -0.1) is 21.5 Å². The number of hydrogen-bond acceptors (Lipinski definition) is 11. The molecule has 0 aliphatic rings. The first-order chi connectivity index (χ1) is 17.2. The molecule has 0 aliphatic carbocycles. The van der Waals surface area contributed by atoms with Crippen LogP contribution < -0.4 is 10.6 Å². The van der Waals surface area contributed by atoms with Gasteiger partial charge in [-0.2, -0.15) is 0 Å². The fraction of sp³-hybridized carbons (Fsp3) is 0.304. The van der Waals surface area contributed by atoms with Crippen molar-refractivity contribution < 1.29 is 28.7 Å². The molecule has 0 saturated heterocycles. The van der Waals surface area contributed by atoms with Crippen LogP contribution in [0.4, 0.5) is 10.1 Å². The minimum absolute atomic E-state index is 0.0334. The van der Waals surface area contributed by atoms with Gasteiger partial charge in [0.05, 0.1) is 24.5 Å². The maximum absolute atomic E-state index is 12.6. The summed E-state index contributed by atoms with van der Waals surface area (Å²) < 4.78 is 10.6. The minimum atomic E-state index is -0.636. The predicted octanol–water partition coefficient (Wildman–Crippen LogP) is 4.55. The van der Waals surface area contributed by atoms with E-state index in [1.807, 2.05) is 19.1 Å². The normalized spacial score (nSPS) is 10.6. The molecule has 190 valence electrons. The summed E-state index contributed by atoms with van der Waals surface area (Å²) in [4.78, 5) is 50.1. The van der Waals surface area contributed by atoms with Crippen LogP contribution >= 0.6 is 34.4 Å². The van der Waals surface area contributed by atoms with E-state index in [9.17, 15) is 19.2 Å². The van der Waals surface area contributed by atoms with Gasteiger partial charge in [0.2, 0.25) is 11.0 Å². The number of benzene rings is 1. The lowest BCUT2D eigenvalue weighted by atomic mass is 10.1. The molecule has 10 nitrogen and oxygen atoms in total. The lowest BCUT2D eigenvalue weighted by Crippen LogP contribution is -2.16. The average Bonchev–Trinajstić information content (AvgIpc) is 3.42. The van der Waals surface area contributed by atoms with Gasteiger partial charge < -0.3 is 14.8 Å². The van der Waals surface area contributed by atoms with Crippen molar-refractivity contribution in [3.63, 3.8) is 0 Å². The van der Waals surface area contributed by atoms with Crippen LogP contribution in [0.3, 0.4) is 0 Å². The molecule has 3 aromatic rings. The summed E-state index contributed by atoms with van der Waals surface area (Å²) in [5.41, 5.74) is 1.88. The number of carbonyl (C=O) groups excluding carboxylic acids is 4. The third-order valence-corrected chi connectivity index (χ3v) is 7.84. The van der Waals surface area contributed by atoms with Gasteiger partial charge in [0.15, 0.2) is 4.34 Å². The lowest BCUT2D eigenvalue weighted by molar-refractivity contribution is -0.113. The Kier molecular flexibility index (Phi) is 9.56. The standard InChI is InChI=1S/C23H24N4O6S3/c1-5-32-20(30)16-13(4)17(21(31)33-6-2)35-19(16)24-15(28)11-34-23-27-26-22(36-23)25-18(29)14-10-8-7-9-12(14)3/h7-10H,5-6,11H2,1-4H3,(H,24,28)(H,25,26,29). The van der Waals surface area contributed by atoms with Crippen molar-refractivity contribution in [2.45, 2.75) is 32.0 Å². The molecule has 1 aromatic carbocycles. The van der Waals surface area contributed by atoms with E-state index >= 15 is 0 Å². The number of nitrogens with zero attached hydrogens (tertiary/aromatic N) is 2. The van der Waals surface area contributed by atoms with Crippen molar-refractivity contribution in [1.82, 2.24) is 10.2 Å². The van der Waals surface area contributed by atoms with Gasteiger partial charge in [-0.1, -0.05) is 41.3 Å². The number of amides is 2. The third-order valence-electron chi connectivity index (χ3n) is 4.68. The van der Waals surface area contributed by atoms with Crippen LogP contribution in [0.1, 0.15) is 55.4 Å². The number of nitrogens with one attached hydrogen (secondary N) is 2. The molecule has 0 radical (unpaired) electrons. The number of ether oxygens (including phenoxy) is 2. The van der Waals surface area contributed by atoms with Gasteiger partial charge in [0.1, 0.15) is 9.88 Å². The molecule has 0 unspecified atom stereocenters. The van der Waals surface area contributed by atoms with E-state index in [1.165, 1.54) is 0 Å². The number of rotatable bonds is 10. The minimum Gasteiger partial charge on any atom is -0.462 e. The van der Waals surface area contributed by atoms with Crippen LogP contribution in [0.15, 0.2) is 28.6 Å². The summed E-state index contributed by atoms with van der Waals surface area (Å²) in [6.07, 6.45) is 0. The summed E-state index contributed by atoms with van der Waals surface area (Å²) in [5, 5.41) is 13.9. The van der Waals surface area contributed by atoms with Crippen LogP contribution in [-0.2, 0) is 14.3 Å². The first kappa shape index (κ1) is 27.3. The highest BCUT2D eigenvalue weighted by atomic mass is 32.2. The van der Waals surface area contributed by atoms with Crippen molar-refractivity contribution in [3.05, 3.63) is 51.4 Å². The zero-order valence-electron chi connectivity index (χ0n) is 20.0. The van der Waals surface area contributed by atoms with Crippen LogP contribution in [0.2, 0.25) is 0 Å². The molecule has 0 atom stereocenters. The quantitative estimate of drug-likeness (QED) is 0.212. The van der Waals surface area contributed by atoms with Gasteiger partial charge in [-0.05, 0) is 44.9 Å². The van der Waals surface area contributed by atoms with Gasteiger partial charge in [0.25, 0.3) is 5.91 Å². The highest BCUT2D eigenvalue weighted by molar-refractivity contribution is 8.01. The van der Waals surface area contributed by atoms with Crippen LogP contribution in [0.25, 0.3) is 0 Å². The fourth-order valence-electron chi connectivity index (χ4n) is 3.04. The summed E-state index contributed by atoms with van der Waals surface area (Å²) in [6.45, 7) is 7.12. The Bertz CT molecular complexity index is 1290. The monoisotopic (exact) mass is 548 g/mol. The number of anilines is 2. The van der Waals surface area contributed by atoms with E-state index in [-0.39, 0.29) is 40.3 Å². The smallest absolute Gasteiger partial charge is 0.348 e. The molecule has 2 heterocycles. The van der Waals surface area contributed by atoms with Crippen molar-refractivity contribution in [2.24, 2.45) is 0 Å². The SMILES string of the molecule is CCOC(=O)c1sc(NC(=O)CSc2nnc(NC(=O)c3ccccc3C)s2)c(C(=O)OCC)c1C. The number of aryl methyl sites for hydroxylation is 1. The summed E-state index contributed by atoms with van der Waals surface area (Å²) in [6, 6.07) is 7.19. The molecule has 0 aliphatic heterocycles. The first-order valence-electron chi connectivity index (χ1n) is 10.9. The Balaban J connectivity index is 1.65. The van der Waals surface area contributed by atoms with E-state index in [0.717, 1.165) is 40.0 Å². The van der Waals surface area contributed by atoms with Gasteiger partial charge >= 0.3 is 11.9 Å². The number of esters is 2. The van der Waals surface area contributed by atoms with E-state index in [2.05, 4.69) is 20.8 Å². The number of thioether (sulfide) groups is 1. The van der Waals surface area contributed by atoms with E-state index in [4.69, 9.17) is 9.47 Å². The molecule has 2 amide bonds. The molecule has 0 spiro atoms. The second kappa shape index (κ2) is 12.6. The van der Waals surface area contributed by atoms with Gasteiger partial charge in [0, 0.05) is 5.56 Å². The Morgan fingerprint density at radius 1 is 0.944 bits per heavy atom. The number of hydrogen-bond donors (Lipinski definition) is 2. The Morgan fingerprint density at radius 2 is 1.64 bits per heavy atom. The van der Waals surface area contributed by atoms with Gasteiger partial charge in [-0.25, -0.2) is 9.59 Å². The first-order valence-corrected chi connectivity index (χ1v) is 13.5. The second-order valence-electron chi connectivity index (χ2n) is 7.18. The fourth-order valence-corrected chi connectivity index (χ4v) is 5.69. The predicted molar refractivity (Wildman–Crippen MR) is 139 cm³/mol. The zero-order valence-corrected chi connectivity index (χ0v) is 22.4. The van der Waals surface area contributed by atoms with Crippen molar-refractivity contribution in [1.29, 1.82) is 0 Å².